The molecular formula is C20H26ClN2O2-. The van der Waals surface area contributed by atoms with Crippen LogP contribution >= 0.6 is 0 Å². The summed E-state index contributed by atoms with van der Waals surface area (Å²) in [5.41, 5.74) is 1.89. The molecule has 1 N–H and O–H groups in total. The quantitative estimate of drug-likeness (QED) is 0.856. The highest BCUT2D eigenvalue weighted by molar-refractivity contribution is 5.83. The van der Waals surface area contributed by atoms with Crippen molar-refractivity contribution >= 4 is 10.9 Å². The molecule has 0 aliphatic carbocycles. The maximum absolute atomic E-state index is 11.2. The van der Waals surface area contributed by atoms with Crippen molar-refractivity contribution in [3.05, 3.63) is 36.0 Å². The summed E-state index contributed by atoms with van der Waals surface area (Å²) in [4.78, 5) is 6.94. The molecule has 0 spiro atoms. The largest absolute Gasteiger partial charge is 1.00 e. The first-order valence-corrected chi connectivity index (χ1v) is 9.06. The summed E-state index contributed by atoms with van der Waals surface area (Å²) >= 11 is 0. The van der Waals surface area contributed by atoms with Crippen molar-refractivity contribution in [1.82, 2.24) is 9.88 Å². The molecule has 5 unspecified atom stereocenters. The number of nitrogens with zero attached hydrogens (tertiary/aromatic N) is 2. The Morgan fingerprint density at radius 2 is 2.20 bits per heavy atom. The summed E-state index contributed by atoms with van der Waals surface area (Å²) in [7, 11) is 1.67. The van der Waals surface area contributed by atoms with Crippen molar-refractivity contribution in [2.75, 3.05) is 20.2 Å². The van der Waals surface area contributed by atoms with Gasteiger partial charge in [-0.2, -0.15) is 0 Å². The Hall–Kier alpha value is -1.36. The van der Waals surface area contributed by atoms with Gasteiger partial charge in [0.05, 0.1) is 18.7 Å². The lowest BCUT2D eigenvalue weighted by Crippen LogP contribution is -3.00. The van der Waals surface area contributed by atoms with Crippen LogP contribution in [0.5, 0.6) is 5.75 Å². The van der Waals surface area contributed by atoms with Crippen molar-refractivity contribution in [3.63, 3.8) is 0 Å². The maximum atomic E-state index is 11.2. The molecule has 0 saturated carbocycles. The monoisotopic (exact) mass is 361 g/mol. The Morgan fingerprint density at radius 1 is 1.36 bits per heavy atom. The number of piperidine rings is 3. The Labute approximate surface area is 155 Å². The number of fused-ring (bicyclic) bond motifs is 4. The Kier molecular flexibility index (Phi) is 5.52. The van der Waals surface area contributed by atoms with Gasteiger partial charge in [-0.05, 0) is 61.1 Å². The topological polar surface area (TPSA) is 45.6 Å². The van der Waals surface area contributed by atoms with E-state index in [4.69, 9.17) is 4.74 Å². The van der Waals surface area contributed by atoms with Crippen LogP contribution in [0.2, 0.25) is 0 Å². The van der Waals surface area contributed by atoms with Crippen molar-refractivity contribution < 1.29 is 22.3 Å². The number of benzene rings is 1. The molecule has 5 heteroatoms. The molecule has 3 aliphatic heterocycles. The van der Waals surface area contributed by atoms with E-state index in [1.165, 1.54) is 12.8 Å². The molecule has 1 aromatic carbocycles. The number of rotatable bonds is 4. The number of aliphatic hydroxyl groups is 1. The van der Waals surface area contributed by atoms with Gasteiger partial charge in [-0.25, -0.2) is 0 Å². The van der Waals surface area contributed by atoms with Crippen LogP contribution in [0.25, 0.3) is 10.9 Å². The zero-order valence-corrected chi connectivity index (χ0v) is 15.6. The van der Waals surface area contributed by atoms with Crippen LogP contribution in [-0.2, 0) is 0 Å². The SMILES string of the molecule is CCC1CN2CCC1CC2C(O)c1ccnc2ccc(OC)cc12.[Cl-]. The Balaban J connectivity index is 0.00000182. The highest BCUT2D eigenvalue weighted by Crippen LogP contribution is 2.42. The smallest absolute Gasteiger partial charge is 0.119 e. The van der Waals surface area contributed by atoms with E-state index in [1.54, 1.807) is 13.3 Å². The minimum Gasteiger partial charge on any atom is -1.00 e. The van der Waals surface area contributed by atoms with Gasteiger partial charge in [0.1, 0.15) is 5.75 Å². The summed E-state index contributed by atoms with van der Waals surface area (Å²) in [6, 6.07) is 8.07. The second kappa shape index (κ2) is 7.48. The fourth-order valence-electron chi connectivity index (χ4n) is 4.71. The summed E-state index contributed by atoms with van der Waals surface area (Å²) in [6.07, 6.45) is 4.97. The molecule has 0 amide bonds. The Bertz CT molecular complexity index is 739. The summed E-state index contributed by atoms with van der Waals surface area (Å²) < 4.78 is 5.36. The van der Waals surface area contributed by atoms with Crippen LogP contribution < -0.4 is 17.1 Å². The van der Waals surface area contributed by atoms with Crippen molar-refractivity contribution in [2.24, 2.45) is 11.8 Å². The average Bonchev–Trinajstić information content (AvgIpc) is 2.66. The lowest BCUT2D eigenvalue weighted by Gasteiger charge is -2.51. The molecule has 25 heavy (non-hydrogen) atoms. The van der Waals surface area contributed by atoms with Gasteiger partial charge in [-0.1, -0.05) is 13.3 Å². The first-order valence-electron chi connectivity index (χ1n) is 9.06. The number of hydrogen-bond donors (Lipinski definition) is 1. The van der Waals surface area contributed by atoms with Gasteiger partial charge in [-0.3, -0.25) is 9.88 Å². The van der Waals surface area contributed by atoms with Crippen molar-refractivity contribution in [2.45, 2.75) is 38.3 Å². The molecule has 2 bridgehead atoms. The molecule has 136 valence electrons. The molecular weight excluding hydrogens is 336 g/mol. The normalized spacial score (nSPS) is 29.2. The van der Waals surface area contributed by atoms with E-state index >= 15 is 0 Å². The zero-order valence-electron chi connectivity index (χ0n) is 14.9. The minimum absolute atomic E-state index is 0. The van der Waals surface area contributed by atoms with Gasteiger partial charge in [0.2, 0.25) is 0 Å². The van der Waals surface area contributed by atoms with Crippen LogP contribution in [0, 0.1) is 11.8 Å². The van der Waals surface area contributed by atoms with E-state index in [9.17, 15) is 5.11 Å². The molecule has 3 aliphatic rings. The van der Waals surface area contributed by atoms with Gasteiger partial charge in [-0.15, -0.1) is 0 Å². The lowest BCUT2D eigenvalue weighted by molar-refractivity contribution is -0.0562. The van der Waals surface area contributed by atoms with E-state index in [0.29, 0.717) is 0 Å². The van der Waals surface area contributed by atoms with E-state index < -0.39 is 6.10 Å². The fraction of sp³-hybridized carbons (Fsp3) is 0.550. The van der Waals surface area contributed by atoms with Crippen molar-refractivity contribution in [3.8, 4) is 5.75 Å². The minimum atomic E-state index is -0.469. The molecule has 5 rings (SSSR count). The highest BCUT2D eigenvalue weighted by atomic mass is 35.5. The summed E-state index contributed by atoms with van der Waals surface area (Å²) in [6.45, 7) is 4.55. The number of ether oxygens (including phenoxy) is 1. The number of halogens is 1. The van der Waals surface area contributed by atoms with Crippen LogP contribution in [0.1, 0.15) is 37.9 Å². The standard InChI is InChI=1S/C20H26N2O2.ClH/c1-3-13-12-22-9-7-14(13)10-19(22)20(23)16-6-8-21-18-5-4-15(24-2)11-17(16)18;/h4-6,8,11,13-14,19-20,23H,3,7,9-10,12H2,1-2H3;1H/p-1. The molecule has 3 saturated heterocycles. The third-order valence-electron chi connectivity index (χ3n) is 6.13. The van der Waals surface area contributed by atoms with Gasteiger partial charge in [0.25, 0.3) is 0 Å². The predicted octanol–water partition coefficient (Wildman–Crippen LogP) is 0.401. The van der Waals surface area contributed by atoms with Crippen LogP contribution in [0.3, 0.4) is 0 Å². The first kappa shape index (κ1) is 18.4. The van der Waals surface area contributed by atoms with E-state index in [2.05, 4.69) is 16.8 Å². The van der Waals surface area contributed by atoms with Crippen molar-refractivity contribution in [1.29, 1.82) is 0 Å². The number of pyridine rings is 1. The summed E-state index contributed by atoms with van der Waals surface area (Å²) in [5, 5.41) is 12.2. The second-order valence-electron chi connectivity index (χ2n) is 7.24. The van der Waals surface area contributed by atoms with Gasteiger partial charge < -0.3 is 22.3 Å². The zero-order chi connectivity index (χ0) is 16.7. The average molecular weight is 362 g/mol. The molecule has 0 radical (unpaired) electrons. The molecule has 2 aromatic rings. The second-order valence-corrected chi connectivity index (χ2v) is 7.24. The number of aromatic nitrogens is 1. The lowest BCUT2D eigenvalue weighted by atomic mass is 9.72. The third-order valence-corrected chi connectivity index (χ3v) is 6.13. The third kappa shape index (κ3) is 3.23. The van der Waals surface area contributed by atoms with Gasteiger partial charge >= 0.3 is 0 Å². The van der Waals surface area contributed by atoms with Gasteiger partial charge in [0, 0.05) is 24.2 Å². The maximum Gasteiger partial charge on any atom is 0.119 e. The molecule has 4 heterocycles. The Morgan fingerprint density at radius 3 is 2.88 bits per heavy atom. The van der Waals surface area contributed by atoms with Crippen LogP contribution in [0.4, 0.5) is 0 Å². The first-order chi connectivity index (χ1) is 11.7. The van der Waals surface area contributed by atoms with E-state index in [-0.39, 0.29) is 18.4 Å². The van der Waals surface area contributed by atoms with E-state index in [1.807, 2.05) is 24.3 Å². The van der Waals surface area contributed by atoms with Crippen LogP contribution in [-0.4, -0.2) is 41.2 Å². The predicted molar refractivity (Wildman–Crippen MR) is 95.1 cm³/mol. The highest BCUT2D eigenvalue weighted by Gasteiger charge is 2.42. The molecule has 4 nitrogen and oxygen atoms in total. The van der Waals surface area contributed by atoms with E-state index in [0.717, 1.165) is 53.6 Å². The molecule has 5 atom stereocenters. The molecule has 1 aromatic heterocycles. The van der Waals surface area contributed by atoms with Crippen LogP contribution in [0.15, 0.2) is 30.5 Å². The molecule has 3 fully saturated rings. The number of methoxy groups -OCH3 is 1. The fourth-order valence-corrected chi connectivity index (χ4v) is 4.71. The van der Waals surface area contributed by atoms with Gasteiger partial charge in [0.15, 0.2) is 0 Å². The summed E-state index contributed by atoms with van der Waals surface area (Å²) in [5.74, 6) is 2.37. The number of aliphatic hydroxyl groups excluding tert-OH is 1. The number of hydrogen-bond acceptors (Lipinski definition) is 4.